The van der Waals surface area contributed by atoms with Gasteiger partial charge in [0.1, 0.15) is 5.01 Å². The topological polar surface area (TPSA) is 22.1 Å². The third-order valence-corrected chi connectivity index (χ3v) is 3.30. The van der Waals surface area contributed by atoms with Crippen molar-refractivity contribution in [2.45, 2.75) is 20.5 Å². The van der Waals surface area contributed by atoms with Crippen molar-refractivity contribution >= 4 is 11.3 Å². The Labute approximate surface area is 99.9 Å². The van der Waals surface area contributed by atoms with Gasteiger partial charge in [-0.3, -0.25) is 0 Å². The number of aromatic nitrogens is 1. The average Bonchev–Trinajstić information content (AvgIpc) is 2.67. The van der Waals surface area contributed by atoms with Crippen LogP contribution in [0.2, 0.25) is 0 Å². The highest BCUT2D eigenvalue weighted by atomic mass is 32.1. The molecule has 0 fully saturated rings. The van der Waals surface area contributed by atoms with E-state index in [0.29, 0.717) is 6.61 Å². The number of ether oxygens (including phenoxy) is 1. The summed E-state index contributed by atoms with van der Waals surface area (Å²) in [6.45, 7) is 4.82. The largest absolute Gasteiger partial charge is 0.378 e. The molecule has 1 aromatic heterocycles. The summed E-state index contributed by atoms with van der Waals surface area (Å²) in [4.78, 5) is 4.55. The molecule has 0 aliphatic heterocycles. The SMILES string of the molecule is COCc1nc(-c2ccc(C)cc2C)cs1. The van der Waals surface area contributed by atoms with Crippen molar-refractivity contribution in [2.75, 3.05) is 7.11 Å². The summed E-state index contributed by atoms with van der Waals surface area (Å²) >= 11 is 1.65. The van der Waals surface area contributed by atoms with E-state index in [1.54, 1.807) is 18.4 Å². The minimum Gasteiger partial charge on any atom is -0.378 e. The molecule has 0 N–H and O–H groups in total. The monoisotopic (exact) mass is 233 g/mol. The maximum absolute atomic E-state index is 5.07. The Kier molecular flexibility index (Phi) is 3.36. The molecule has 0 aliphatic rings. The molecule has 0 aliphatic carbocycles. The highest BCUT2D eigenvalue weighted by molar-refractivity contribution is 7.09. The standard InChI is InChI=1S/C13H15NOS/c1-9-4-5-11(10(2)6-9)12-8-16-13(14-12)7-15-3/h4-6,8H,7H2,1-3H3. The molecular weight excluding hydrogens is 218 g/mol. The molecule has 0 saturated carbocycles. The highest BCUT2D eigenvalue weighted by Crippen LogP contribution is 2.25. The number of benzene rings is 1. The van der Waals surface area contributed by atoms with Crippen LogP contribution in [0.1, 0.15) is 16.1 Å². The maximum Gasteiger partial charge on any atom is 0.119 e. The third kappa shape index (κ3) is 2.31. The normalized spacial score (nSPS) is 10.7. The van der Waals surface area contributed by atoms with Gasteiger partial charge in [0.2, 0.25) is 0 Å². The Morgan fingerprint density at radius 1 is 1.31 bits per heavy atom. The van der Waals surface area contributed by atoms with Gasteiger partial charge >= 0.3 is 0 Å². The maximum atomic E-state index is 5.07. The van der Waals surface area contributed by atoms with Gasteiger partial charge in [0.15, 0.2) is 0 Å². The van der Waals surface area contributed by atoms with Crippen molar-refractivity contribution in [3.05, 3.63) is 39.7 Å². The first kappa shape index (κ1) is 11.3. The lowest BCUT2D eigenvalue weighted by molar-refractivity contribution is 0.184. The molecule has 0 radical (unpaired) electrons. The number of thiazole rings is 1. The molecular formula is C13H15NOS. The molecule has 0 unspecified atom stereocenters. The second kappa shape index (κ2) is 4.76. The van der Waals surface area contributed by atoms with Crippen molar-refractivity contribution in [1.29, 1.82) is 0 Å². The molecule has 1 heterocycles. The first-order valence-corrected chi connectivity index (χ1v) is 6.09. The fourth-order valence-corrected chi connectivity index (χ4v) is 2.49. The average molecular weight is 233 g/mol. The van der Waals surface area contributed by atoms with E-state index in [1.165, 1.54) is 16.7 Å². The van der Waals surface area contributed by atoms with Crippen LogP contribution in [-0.2, 0) is 11.3 Å². The fraction of sp³-hybridized carbons (Fsp3) is 0.308. The van der Waals surface area contributed by atoms with E-state index in [-0.39, 0.29) is 0 Å². The van der Waals surface area contributed by atoms with Gasteiger partial charge in [0, 0.05) is 18.1 Å². The lowest BCUT2D eigenvalue weighted by Gasteiger charge is -2.03. The van der Waals surface area contributed by atoms with E-state index in [1.807, 2.05) is 0 Å². The fourth-order valence-electron chi connectivity index (χ4n) is 1.73. The van der Waals surface area contributed by atoms with Crippen LogP contribution in [0.5, 0.6) is 0 Å². The van der Waals surface area contributed by atoms with Crippen molar-refractivity contribution in [3.63, 3.8) is 0 Å². The van der Waals surface area contributed by atoms with Gasteiger partial charge in [-0.1, -0.05) is 23.8 Å². The zero-order valence-corrected chi connectivity index (χ0v) is 10.6. The second-order valence-corrected chi connectivity index (χ2v) is 4.82. The van der Waals surface area contributed by atoms with Gasteiger partial charge in [-0.25, -0.2) is 4.98 Å². The lowest BCUT2D eigenvalue weighted by Crippen LogP contribution is -1.88. The van der Waals surface area contributed by atoms with Crippen LogP contribution in [0, 0.1) is 13.8 Å². The van der Waals surface area contributed by atoms with E-state index < -0.39 is 0 Å². The van der Waals surface area contributed by atoms with E-state index in [9.17, 15) is 0 Å². The summed E-state index contributed by atoms with van der Waals surface area (Å²) in [5.74, 6) is 0. The molecule has 84 valence electrons. The third-order valence-electron chi connectivity index (χ3n) is 2.48. The predicted molar refractivity (Wildman–Crippen MR) is 67.7 cm³/mol. The first-order chi connectivity index (χ1) is 7.70. The van der Waals surface area contributed by atoms with Crippen LogP contribution in [0.25, 0.3) is 11.3 Å². The van der Waals surface area contributed by atoms with Crippen molar-refractivity contribution < 1.29 is 4.74 Å². The Balaban J connectivity index is 2.35. The van der Waals surface area contributed by atoms with Gasteiger partial charge in [-0.15, -0.1) is 11.3 Å². The first-order valence-electron chi connectivity index (χ1n) is 5.21. The summed E-state index contributed by atoms with van der Waals surface area (Å²) in [7, 11) is 1.69. The highest BCUT2D eigenvalue weighted by Gasteiger charge is 2.06. The van der Waals surface area contributed by atoms with Crippen LogP contribution in [0.3, 0.4) is 0 Å². The van der Waals surface area contributed by atoms with Crippen LogP contribution in [0.15, 0.2) is 23.6 Å². The van der Waals surface area contributed by atoms with Gasteiger partial charge in [-0.05, 0) is 19.4 Å². The molecule has 0 atom stereocenters. The van der Waals surface area contributed by atoms with Crippen LogP contribution < -0.4 is 0 Å². The summed E-state index contributed by atoms with van der Waals surface area (Å²) in [6, 6.07) is 6.44. The Hall–Kier alpha value is -1.19. The molecule has 2 rings (SSSR count). The van der Waals surface area contributed by atoms with Gasteiger partial charge in [0.05, 0.1) is 12.3 Å². The molecule has 3 heteroatoms. The quantitative estimate of drug-likeness (QED) is 0.808. The number of methoxy groups -OCH3 is 1. The summed E-state index contributed by atoms with van der Waals surface area (Å²) in [6.07, 6.45) is 0. The number of aryl methyl sites for hydroxylation is 2. The van der Waals surface area contributed by atoms with Crippen LogP contribution in [0.4, 0.5) is 0 Å². The number of rotatable bonds is 3. The van der Waals surface area contributed by atoms with Gasteiger partial charge in [-0.2, -0.15) is 0 Å². The number of nitrogens with zero attached hydrogens (tertiary/aromatic N) is 1. The summed E-state index contributed by atoms with van der Waals surface area (Å²) < 4.78 is 5.07. The molecule has 1 aromatic carbocycles. The van der Waals surface area contributed by atoms with Crippen LogP contribution in [-0.4, -0.2) is 12.1 Å². The van der Waals surface area contributed by atoms with E-state index in [2.05, 4.69) is 42.4 Å². The summed E-state index contributed by atoms with van der Waals surface area (Å²) in [5, 5.41) is 3.11. The Bertz CT molecular complexity index is 490. The van der Waals surface area contributed by atoms with Gasteiger partial charge < -0.3 is 4.74 Å². The van der Waals surface area contributed by atoms with E-state index >= 15 is 0 Å². The minimum absolute atomic E-state index is 0.593. The Morgan fingerprint density at radius 3 is 2.81 bits per heavy atom. The zero-order valence-electron chi connectivity index (χ0n) is 9.78. The van der Waals surface area contributed by atoms with E-state index in [0.717, 1.165) is 10.7 Å². The van der Waals surface area contributed by atoms with Gasteiger partial charge in [0.25, 0.3) is 0 Å². The van der Waals surface area contributed by atoms with Crippen LogP contribution >= 0.6 is 11.3 Å². The molecule has 0 spiro atoms. The van der Waals surface area contributed by atoms with Crippen molar-refractivity contribution in [2.24, 2.45) is 0 Å². The number of hydrogen-bond acceptors (Lipinski definition) is 3. The van der Waals surface area contributed by atoms with E-state index in [4.69, 9.17) is 4.74 Å². The minimum atomic E-state index is 0.593. The molecule has 0 amide bonds. The molecule has 2 nitrogen and oxygen atoms in total. The number of hydrogen-bond donors (Lipinski definition) is 0. The molecule has 2 aromatic rings. The predicted octanol–water partition coefficient (Wildman–Crippen LogP) is 3.57. The smallest absolute Gasteiger partial charge is 0.119 e. The molecule has 0 bridgehead atoms. The molecule has 16 heavy (non-hydrogen) atoms. The molecule has 0 saturated heterocycles. The lowest BCUT2D eigenvalue weighted by atomic mass is 10.0. The van der Waals surface area contributed by atoms with Crippen molar-refractivity contribution in [3.8, 4) is 11.3 Å². The Morgan fingerprint density at radius 2 is 2.12 bits per heavy atom. The second-order valence-electron chi connectivity index (χ2n) is 3.88. The summed E-state index contributed by atoms with van der Waals surface area (Å²) in [5.41, 5.74) is 4.82. The zero-order chi connectivity index (χ0) is 11.5. The van der Waals surface area contributed by atoms with Crippen molar-refractivity contribution in [1.82, 2.24) is 4.98 Å².